The van der Waals surface area contributed by atoms with Gasteiger partial charge in [-0.15, -0.1) is 0 Å². The van der Waals surface area contributed by atoms with Gasteiger partial charge in [0.15, 0.2) is 0 Å². The van der Waals surface area contributed by atoms with Crippen LogP contribution in [0.25, 0.3) is 6.08 Å². The molecule has 2 aromatic carbocycles. The zero-order valence-corrected chi connectivity index (χ0v) is 19.7. The van der Waals surface area contributed by atoms with Crippen LogP contribution in [0.15, 0.2) is 65.4 Å². The molecular formula is C27H29NO6. The number of nitrogens with zero attached hydrogens (tertiary/aromatic N) is 1. The Kier molecular flexibility index (Phi) is 8.24. The number of ether oxygens (including phenoxy) is 2. The predicted octanol–water partition coefficient (Wildman–Crippen LogP) is 5.22. The van der Waals surface area contributed by atoms with Crippen molar-refractivity contribution in [3.63, 3.8) is 0 Å². The van der Waals surface area contributed by atoms with E-state index in [4.69, 9.17) is 14.6 Å². The Balaban J connectivity index is 1.91. The molecule has 0 saturated heterocycles. The molecule has 1 N–H and O–H groups in total. The minimum absolute atomic E-state index is 0.132. The molecule has 0 aromatic heterocycles. The van der Waals surface area contributed by atoms with Crippen LogP contribution < -0.4 is 9.64 Å². The minimum Gasteiger partial charge on any atom is -0.494 e. The molecule has 0 spiro atoms. The van der Waals surface area contributed by atoms with E-state index in [-0.39, 0.29) is 22.6 Å². The average Bonchev–Trinajstić information content (AvgIpc) is 3.08. The van der Waals surface area contributed by atoms with E-state index in [1.54, 1.807) is 43.3 Å². The monoisotopic (exact) mass is 463 g/mol. The smallest absolute Gasteiger partial charge is 0.340 e. The molecule has 1 aliphatic rings. The van der Waals surface area contributed by atoms with E-state index in [2.05, 4.69) is 6.92 Å². The lowest BCUT2D eigenvalue weighted by Crippen LogP contribution is -2.24. The molecule has 0 bridgehead atoms. The summed E-state index contributed by atoms with van der Waals surface area (Å²) in [6.45, 7) is 4.44. The number of benzene rings is 2. The number of aromatic carboxylic acids is 1. The third-order valence-corrected chi connectivity index (χ3v) is 5.60. The number of hydrogen-bond acceptors (Lipinski definition) is 5. The summed E-state index contributed by atoms with van der Waals surface area (Å²) in [6.07, 6.45) is 5.95. The second-order valence-corrected chi connectivity index (χ2v) is 7.98. The first-order valence-corrected chi connectivity index (χ1v) is 11.3. The minimum atomic E-state index is -1.04. The first-order chi connectivity index (χ1) is 16.4. The number of carboxylic acid groups (broad SMARTS) is 1. The third-order valence-electron chi connectivity index (χ3n) is 5.60. The molecule has 0 aliphatic carbocycles. The summed E-state index contributed by atoms with van der Waals surface area (Å²) in [7, 11) is 1.27. The maximum absolute atomic E-state index is 13.4. The van der Waals surface area contributed by atoms with Crippen LogP contribution in [0.4, 0.5) is 5.69 Å². The molecule has 178 valence electrons. The van der Waals surface area contributed by atoms with Crippen molar-refractivity contribution in [2.75, 3.05) is 18.6 Å². The summed E-state index contributed by atoms with van der Waals surface area (Å²) < 4.78 is 10.8. The Morgan fingerprint density at radius 1 is 1.06 bits per heavy atom. The molecule has 3 rings (SSSR count). The molecular weight excluding hydrogens is 434 g/mol. The zero-order valence-electron chi connectivity index (χ0n) is 19.7. The van der Waals surface area contributed by atoms with Gasteiger partial charge in [0, 0.05) is 11.8 Å². The molecule has 7 nitrogen and oxygen atoms in total. The maximum Gasteiger partial charge on any atom is 0.340 e. The first kappa shape index (κ1) is 24.8. The van der Waals surface area contributed by atoms with Gasteiger partial charge in [0.1, 0.15) is 5.75 Å². The fraction of sp³-hybridized carbons (Fsp3) is 0.296. The van der Waals surface area contributed by atoms with Crippen LogP contribution >= 0.6 is 0 Å². The average molecular weight is 464 g/mol. The van der Waals surface area contributed by atoms with Gasteiger partial charge < -0.3 is 14.6 Å². The summed E-state index contributed by atoms with van der Waals surface area (Å²) in [5.41, 5.74) is 2.10. The van der Waals surface area contributed by atoms with Crippen LogP contribution in [0.1, 0.15) is 55.5 Å². The number of carboxylic acids is 1. The fourth-order valence-electron chi connectivity index (χ4n) is 3.81. The zero-order chi connectivity index (χ0) is 24.7. The highest BCUT2D eigenvalue weighted by Gasteiger charge is 2.38. The van der Waals surface area contributed by atoms with Crippen molar-refractivity contribution in [1.29, 1.82) is 0 Å². The predicted molar refractivity (Wildman–Crippen MR) is 130 cm³/mol. The molecule has 1 aliphatic heterocycles. The highest BCUT2D eigenvalue weighted by atomic mass is 16.5. The lowest BCUT2D eigenvalue weighted by atomic mass is 10.0. The number of carbonyl (C=O) groups is 3. The van der Waals surface area contributed by atoms with E-state index in [0.717, 1.165) is 19.3 Å². The van der Waals surface area contributed by atoms with Gasteiger partial charge in [-0.1, -0.05) is 44.4 Å². The van der Waals surface area contributed by atoms with Crippen LogP contribution in [-0.2, 0) is 14.3 Å². The number of carbonyl (C=O) groups excluding carboxylic acids is 2. The number of anilines is 1. The maximum atomic E-state index is 13.4. The number of unbranched alkanes of at least 4 members (excludes halogenated alkanes) is 3. The lowest BCUT2D eigenvalue weighted by Gasteiger charge is -2.19. The van der Waals surface area contributed by atoms with E-state index >= 15 is 0 Å². The van der Waals surface area contributed by atoms with E-state index in [1.807, 2.05) is 6.07 Å². The SMILES string of the molecule is CCCCCCOc1cccc(N2C(=O)/C(=C\c3ccc(C(=O)O)cc3)C(C(=O)OC)=C2C)c1. The van der Waals surface area contributed by atoms with Crippen molar-refractivity contribution in [1.82, 2.24) is 0 Å². The van der Waals surface area contributed by atoms with E-state index < -0.39 is 11.9 Å². The van der Waals surface area contributed by atoms with Crippen LogP contribution in [-0.4, -0.2) is 36.7 Å². The van der Waals surface area contributed by atoms with Crippen molar-refractivity contribution < 1.29 is 29.0 Å². The van der Waals surface area contributed by atoms with Gasteiger partial charge in [-0.25, -0.2) is 9.59 Å². The Morgan fingerprint density at radius 2 is 1.79 bits per heavy atom. The number of amides is 1. The Morgan fingerprint density at radius 3 is 2.44 bits per heavy atom. The first-order valence-electron chi connectivity index (χ1n) is 11.3. The van der Waals surface area contributed by atoms with Gasteiger partial charge in [0.25, 0.3) is 5.91 Å². The molecule has 1 heterocycles. The van der Waals surface area contributed by atoms with Crippen molar-refractivity contribution in [3.8, 4) is 5.75 Å². The van der Waals surface area contributed by atoms with E-state index in [9.17, 15) is 14.4 Å². The summed E-state index contributed by atoms with van der Waals surface area (Å²) in [4.78, 5) is 38.6. The molecule has 0 fully saturated rings. The molecule has 34 heavy (non-hydrogen) atoms. The van der Waals surface area contributed by atoms with E-state index in [1.165, 1.54) is 30.6 Å². The Labute approximate surface area is 199 Å². The third kappa shape index (κ3) is 5.54. The number of hydrogen-bond donors (Lipinski definition) is 1. The summed E-state index contributed by atoms with van der Waals surface area (Å²) >= 11 is 0. The molecule has 2 aromatic rings. The summed E-state index contributed by atoms with van der Waals surface area (Å²) in [5, 5.41) is 9.10. The van der Waals surface area contributed by atoms with Gasteiger partial charge in [-0.2, -0.15) is 0 Å². The van der Waals surface area contributed by atoms with Crippen LogP contribution in [0.2, 0.25) is 0 Å². The molecule has 0 saturated carbocycles. The number of esters is 1. The highest BCUT2D eigenvalue weighted by Crippen LogP contribution is 2.36. The van der Waals surface area contributed by atoms with Crippen molar-refractivity contribution in [2.45, 2.75) is 39.5 Å². The second-order valence-electron chi connectivity index (χ2n) is 7.98. The number of rotatable bonds is 10. The van der Waals surface area contributed by atoms with E-state index in [0.29, 0.717) is 29.3 Å². The van der Waals surface area contributed by atoms with Crippen LogP contribution in [0.3, 0.4) is 0 Å². The highest BCUT2D eigenvalue weighted by molar-refractivity contribution is 6.23. The Bertz CT molecular complexity index is 1130. The van der Waals surface area contributed by atoms with Gasteiger partial charge in [-0.3, -0.25) is 9.69 Å². The standard InChI is InChI=1S/C27H29NO6/c1-4-5-6-7-15-34-22-10-8-9-21(17-22)28-18(2)24(27(32)33-3)23(25(28)29)16-19-11-13-20(14-12-19)26(30)31/h8-14,16-17H,4-7,15H2,1-3H3,(H,30,31)/b23-16-. The van der Waals surface area contributed by atoms with Gasteiger partial charge in [-0.05, 0) is 49.2 Å². The van der Waals surface area contributed by atoms with Crippen LogP contribution in [0.5, 0.6) is 5.75 Å². The largest absolute Gasteiger partial charge is 0.494 e. The van der Waals surface area contributed by atoms with Crippen molar-refractivity contribution >= 4 is 29.6 Å². The molecule has 1 amide bonds. The molecule has 0 unspecified atom stereocenters. The molecule has 0 radical (unpaired) electrons. The normalized spacial score (nSPS) is 14.6. The molecule has 0 atom stereocenters. The quantitative estimate of drug-likeness (QED) is 0.295. The van der Waals surface area contributed by atoms with Crippen molar-refractivity contribution in [3.05, 3.63) is 76.5 Å². The number of allylic oxidation sites excluding steroid dienone is 1. The summed E-state index contributed by atoms with van der Waals surface area (Å²) in [6, 6.07) is 13.3. The van der Waals surface area contributed by atoms with Gasteiger partial charge in [0.05, 0.1) is 36.1 Å². The van der Waals surface area contributed by atoms with Crippen LogP contribution in [0, 0.1) is 0 Å². The Hall–Kier alpha value is -3.87. The topological polar surface area (TPSA) is 93.1 Å². The summed E-state index contributed by atoms with van der Waals surface area (Å²) in [5.74, 6) is -1.39. The van der Waals surface area contributed by atoms with Gasteiger partial charge in [0.2, 0.25) is 0 Å². The number of methoxy groups -OCH3 is 1. The molecule has 7 heteroatoms. The van der Waals surface area contributed by atoms with Crippen molar-refractivity contribution in [2.24, 2.45) is 0 Å². The lowest BCUT2D eigenvalue weighted by molar-refractivity contribution is -0.136. The van der Waals surface area contributed by atoms with Gasteiger partial charge >= 0.3 is 11.9 Å². The fourth-order valence-corrected chi connectivity index (χ4v) is 3.81. The second kappa shape index (κ2) is 11.3.